The number of ether oxygens (including phenoxy) is 2. The summed E-state index contributed by atoms with van der Waals surface area (Å²) in [6.45, 7) is 5.07. The summed E-state index contributed by atoms with van der Waals surface area (Å²) in [5.41, 5.74) is 0. The molecule has 1 saturated heterocycles. The number of hydrogen-bond donors (Lipinski definition) is 0. The Balaban J connectivity index is 0.000000956. The van der Waals surface area contributed by atoms with Crippen molar-refractivity contribution in [3.63, 3.8) is 0 Å². The highest BCUT2D eigenvalue weighted by Gasteiger charge is 2.50. The van der Waals surface area contributed by atoms with Crippen molar-refractivity contribution in [2.45, 2.75) is 57.6 Å². The lowest BCUT2D eigenvalue weighted by Crippen LogP contribution is -2.43. The highest BCUT2D eigenvalue weighted by molar-refractivity contribution is 14.2. The van der Waals surface area contributed by atoms with Gasteiger partial charge >= 0.3 is 6.18 Å². The van der Waals surface area contributed by atoms with E-state index in [-0.39, 0.29) is 0 Å². The third kappa shape index (κ3) is 4.89. The minimum Gasteiger partial charge on any atom is -0.348 e. The van der Waals surface area contributed by atoms with Gasteiger partial charge in [-0.05, 0) is 18.8 Å². The molecule has 2 fully saturated rings. The lowest BCUT2D eigenvalue weighted by atomic mass is 9.81. The maximum Gasteiger partial charge on any atom is 0.416 e. The van der Waals surface area contributed by atoms with Crippen molar-refractivity contribution >= 4 is 30.4 Å². The minimum atomic E-state index is -4.31. The number of alkyl halides is 3. The number of halogens is 4. The van der Waals surface area contributed by atoms with E-state index in [4.69, 9.17) is 13.7 Å². The van der Waals surface area contributed by atoms with Crippen LogP contribution in [0.1, 0.15) is 39.5 Å². The van der Waals surface area contributed by atoms with Gasteiger partial charge in [-0.2, -0.15) is 13.2 Å². The van der Waals surface area contributed by atoms with Gasteiger partial charge < -0.3 is 9.47 Å². The highest BCUT2D eigenvalue weighted by atomic mass is 127. The van der Waals surface area contributed by atoms with Crippen molar-refractivity contribution in [2.24, 2.45) is 5.92 Å². The molecule has 0 radical (unpaired) electrons. The van der Waals surface area contributed by atoms with E-state index in [0.29, 0.717) is 38.9 Å². The second-order valence-electron chi connectivity index (χ2n) is 4.57. The van der Waals surface area contributed by atoms with E-state index < -0.39 is 24.0 Å². The van der Waals surface area contributed by atoms with E-state index in [1.807, 2.05) is 13.8 Å². The number of hydrogen-bond acceptors (Lipinski definition) is 4. The van der Waals surface area contributed by atoms with E-state index >= 15 is 0 Å². The largest absolute Gasteiger partial charge is 0.416 e. The van der Waals surface area contributed by atoms with Crippen LogP contribution in [0.2, 0.25) is 0 Å². The Kier molecular flexibility index (Phi) is 7.90. The molecular formula is C12H20F3IO3S. The molecule has 1 saturated carbocycles. The molecule has 1 aliphatic heterocycles. The monoisotopic (exact) mass is 428 g/mol. The van der Waals surface area contributed by atoms with Crippen molar-refractivity contribution in [1.82, 2.24) is 0 Å². The minimum absolute atomic E-state index is 0.418. The summed E-state index contributed by atoms with van der Waals surface area (Å²) in [5.74, 6) is -1.13. The van der Waals surface area contributed by atoms with Gasteiger partial charge in [0.05, 0.1) is 22.4 Å². The zero-order chi connectivity index (χ0) is 15.2. The van der Waals surface area contributed by atoms with Crippen LogP contribution in [-0.4, -0.2) is 31.3 Å². The Labute approximate surface area is 134 Å². The Morgan fingerprint density at radius 2 is 1.70 bits per heavy atom. The Morgan fingerprint density at radius 1 is 1.20 bits per heavy atom. The summed E-state index contributed by atoms with van der Waals surface area (Å²) in [5, 5.41) is 0. The fourth-order valence-electron chi connectivity index (χ4n) is 2.61. The molecule has 0 aromatic heterocycles. The van der Waals surface area contributed by atoms with Crippen LogP contribution in [0.3, 0.4) is 0 Å². The molecule has 1 spiro atoms. The summed E-state index contributed by atoms with van der Waals surface area (Å²) < 4.78 is 54.4. The quantitative estimate of drug-likeness (QED) is 0.473. The molecule has 1 heterocycles. The van der Waals surface area contributed by atoms with Crippen LogP contribution in [0.4, 0.5) is 13.2 Å². The van der Waals surface area contributed by atoms with Crippen molar-refractivity contribution < 1.29 is 26.8 Å². The second kappa shape index (κ2) is 8.40. The molecule has 1 unspecified atom stereocenters. The van der Waals surface area contributed by atoms with Crippen LogP contribution < -0.4 is 0 Å². The molecule has 0 aromatic carbocycles. The maximum atomic E-state index is 12.9. The Morgan fingerprint density at radius 3 is 2.10 bits per heavy atom. The summed E-state index contributed by atoms with van der Waals surface area (Å²) in [6, 6.07) is 0. The molecule has 20 heavy (non-hydrogen) atoms. The summed E-state index contributed by atoms with van der Waals surface area (Å²) in [6.07, 6.45) is -4.15. The first kappa shape index (κ1) is 18.8. The fraction of sp³-hybridized carbons (Fsp3) is 1.00. The molecular weight excluding hydrogens is 408 g/mol. The molecule has 1 aliphatic carbocycles. The fourth-order valence-corrected chi connectivity index (χ4v) is 3.62. The van der Waals surface area contributed by atoms with Crippen molar-refractivity contribution in [2.75, 3.05) is 13.2 Å². The van der Waals surface area contributed by atoms with Gasteiger partial charge in [-0.1, -0.05) is 13.8 Å². The topological polar surface area (TPSA) is 27.7 Å². The van der Waals surface area contributed by atoms with E-state index in [2.05, 4.69) is 0 Å². The Hall–Kier alpha value is 0.750. The molecule has 1 atom stereocenters. The van der Waals surface area contributed by atoms with Gasteiger partial charge in [-0.25, -0.2) is 0 Å². The van der Waals surface area contributed by atoms with Crippen molar-refractivity contribution in [3.8, 4) is 0 Å². The lowest BCUT2D eigenvalue weighted by molar-refractivity contribution is -0.227. The van der Waals surface area contributed by atoms with Gasteiger partial charge in [0.1, 0.15) is 0 Å². The van der Waals surface area contributed by atoms with Crippen LogP contribution in [-0.2, 0) is 13.7 Å². The van der Waals surface area contributed by atoms with Crippen molar-refractivity contribution in [3.05, 3.63) is 0 Å². The van der Waals surface area contributed by atoms with Crippen LogP contribution in [0.15, 0.2) is 0 Å². The predicted octanol–water partition coefficient (Wildman–Crippen LogP) is 4.89. The summed E-state index contributed by atoms with van der Waals surface area (Å²) in [7, 11) is 0.742. The first-order valence-electron chi connectivity index (χ1n) is 6.75. The summed E-state index contributed by atoms with van der Waals surface area (Å²) in [4.78, 5) is 0. The molecule has 3 nitrogen and oxygen atoms in total. The average Bonchev–Trinajstić information content (AvgIpc) is 2.87. The second-order valence-corrected chi connectivity index (χ2v) is 5.96. The molecule has 120 valence electrons. The van der Waals surface area contributed by atoms with Crippen LogP contribution >= 0.6 is 30.4 Å². The average molecular weight is 428 g/mol. The van der Waals surface area contributed by atoms with E-state index in [1.54, 1.807) is 21.2 Å². The number of rotatable bonds is 3. The molecule has 0 N–H and O–H groups in total. The lowest BCUT2D eigenvalue weighted by Gasteiger charge is -2.38. The van der Waals surface area contributed by atoms with Crippen LogP contribution in [0, 0.1) is 5.92 Å². The first-order valence-corrected chi connectivity index (χ1v) is 10.0. The van der Waals surface area contributed by atoms with E-state index in [1.165, 1.54) is 0 Å². The molecule has 2 rings (SSSR count). The van der Waals surface area contributed by atoms with Crippen molar-refractivity contribution in [1.29, 1.82) is 0 Å². The molecule has 2 aliphatic rings. The highest BCUT2D eigenvalue weighted by Crippen LogP contribution is 2.44. The van der Waals surface area contributed by atoms with Gasteiger partial charge in [0.15, 0.2) is 11.9 Å². The van der Waals surface area contributed by atoms with Crippen LogP contribution in [0.5, 0.6) is 0 Å². The molecule has 0 aromatic rings. The zero-order valence-electron chi connectivity index (χ0n) is 11.5. The summed E-state index contributed by atoms with van der Waals surface area (Å²) >= 11 is 1.72. The third-order valence-electron chi connectivity index (χ3n) is 3.50. The molecule has 0 amide bonds. The SMILES string of the molecule is CC.FC(F)(F)C(OSI)C1CCC2(CC1)OCCO2. The van der Waals surface area contributed by atoms with Gasteiger partial charge in [-0.3, -0.25) is 4.18 Å². The van der Waals surface area contributed by atoms with Gasteiger partial charge in [0.2, 0.25) is 0 Å². The maximum absolute atomic E-state index is 12.9. The standard InChI is InChI=1S/C10H14F3IO3S.C2H6/c11-10(12,13)8(17-18-14)7-1-3-9(4-2-7)15-5-6-16-9;1-2/h7-8H,1-6H2;1-2H3. The first-order chi connectivity index (χ1) is 9.47. The Bertz CT molecular complexity index is 276. The normalized spacial score (nSPS) is 24.3. The molecule has 8 heteroatoms. The third-order valence-corrected chi connectivity index (χ3v) is 4.40. The predicted molar refractivity (Wildman–Crippen MR) is 80.5 cm³/mol. The van der Waals surface area contributed by atoms with Crippen LogP contribution in [0.25, 0.3) is 0 Å². The van der Waals surface area contributed by atoms with E-state index in [9.17, 15) is 13.2 Å². The van der Waals surface area contributed by atoms with Gasteiger partial charge in [0.25, 0.3) is 0 Å². The van der Waals surface area contributed by atoms with Gasteiger partial charge in [0, 0.05) is 34.0 Å². The van der Waals surface area contributed by atoms with Gasteiger partial charge in [-0.15, -0.1) is 0 Å². The molecule has 0 bridgehead atoms. The van der Waals surface area contributed by atoms with E-state index in [0.717, 1.165) is 9.21 Å². The smallest absolute Gasteiger partial charge is 0.348 e. The zero-order valence-corrected chi connectivity index (χ0v) is 14.5.